The summed E-state index contributed by atoms with van der Waals surface area (Å²) in [6.45, 7) is 12.5. The number of aromatic nitrogens is 2. The zero-order chi connectivity index (χ0) is 27.1. The first-order valence-electron chi connectivity index (χ1n) is 12.2. The Morgan fingerprint density at radius 2 is 1.65 bits per heavy atom. The van der Waals surface area contributed by atoms with Gasteiger partial charge in [0, 0.05) is 16.3 Å². The fourth-order valence-electron chi connectivity index (χ4n) is 5.12. The van der Waals surface area contributed by atoms with Gasteiger partial charge in [0.2, 0.25) is 5.91 Å². The average molecular weight is 524 g/mol. The zero-order valence-electron chi connectivity index (χ0n) is 22.0. The van der Waals surface area contributed by atoms with E-state index in [0.717, 1.165) is 15.8 Å². The number of carbonyl (C=O) groups is 3. The first-order chi connectivity index (χ1) is 17.1. The van der Waals surface area contributed by atoms with E-state index in [1.54, 1.807) is 59.7 Å². The van der Waals surface area contributed by atoms with E-state index in [1.807, 2.05) is 25.1 Å². The number of carbonyl (C=O) groups excluding carboxylic acids is 3. The number of hydrogen-bond donors (Lipinski definition) is 0. The van der Waals surface area contributed by atoms with Crippen LogP contribution in [0.3, 0.4) is 0 Å². The number of ether oxygens (including phenoxy) is 2. The van der Waals surface area contributed by atoms with Crippen LogP contribution >= 0.6 is 11.6 Å². The van der Waals surface area contributed by atoms with Crippen molar-refractivity contribution < 1.29 is 23.9 Å². The van der Waals surface area contributed by atoms with Crippen LogP contribution in [0.15, 0.2) is 36.4 Å². The molecule has 1 saturated carbocycles. The lowest BCUT2D eigenvalue weighted by Gasteiger charge is -2.24. The van der Waals surface area contributed by atoms with Gasteiger partial charge in [-0.2, -0.15) is 9.78 Å². The molecule has 1 aromatic heterocycles. The second-order valence-corrected chi connectivity index (χ2v) is 12.2. The quantitative estimate of drug-likeness (QED) is 0.362. The van der Waals surface area contributed by atoms with Crippen molar-refractivity contribution in [3.05, 3.63) is 58.2 Å². The van der Waals surface area contributed by atoms with Crippen molar-refractivity contribution in [1.29, 1.82) is 0 Å². The highest BCUT2D eigenvalue weighted by atomic mass is 35.5. The van der Waals surface area contributed by atoms with Crippen molar-refractivity contribution >= 4 is 46.3 Å². The second-order valence-electron chi connectivity index (χ2n) is 11.8. The van der Waals surface area contributed by atoms with E-state index >= 15 is 0 Å². The molecule has 1 fully saturated rings. The molecular weight excluding hydrogens is 494 g/mol. The van der Waals surface area contributed by atoms with Gasteiger partial charge in [-0.05, 0) is 90.3 Å². The summed E-state index contributed by atoms with van der Waals surface area (Å²) in [4.78, 5) is 40.9. The van der Waals surface area contributed by atoms with Gasteiger partial charge in [-0.25, -0.2) is 14.5 Å². The summed E-state index contributed by atoms with van der Waals surface area (Å²) >= 11 is 6.33. The zero-order valence-corrected chi connectivity index (χ0v) is 22.8. The number of fused-ring (bicyclic) bond motifs is 3. The van der Waals surface area contributed by atoms with E-state index in [2.05, 4.69) is 5.10 Å². The molecule has 9 heteroatoms. The Labute approximate surface area is 220 Å². The first kappa shape index (κ1) is 25.3. The van der Waals surface area contributed by atoms with Crippen LogP contribution in [0.25, 0.3) is 10.9 Å². The molecular formula is C28H30ClN3O5. The van der Waals surface area contributed by atoms with Gasteiger partial charge < -0.3 is 9.47 Å². The molecule has 2 heterocycles. The smallest absolute Gasteiger partial charge is 0.435 e. The molecule has 0 radical (unpaired) electrons. The third-order valence-corrected chi connectivity index (χ3v) is 6.90. The maximum absolute atomic E-state index is 13.9. The lowest BCUT2D eigenvalue weighted by molar-refractivity contribution is -0.120. The van der Waals surface area contributed by atoms with Crippen LogP contribution in [-0.2, 0) is 19.7 Å². The maximum atomic E-state index is 13.9. The Hall–Kier alpha value is -3.39. The van der Waals surface area contributed by atoms with Crippen molar-refractivity contribution in [2.45, 2.75) is 77.4 Å². The van der Waals surface area contributed by atoms with E-state index in [-0.39, 0.29) is 11.8 Å². The van der Waals surface area contributed by atoms with Gasteiger partial charge in [0.15, 0.2) is 0 Å². The number of nitrogens with zero attached hydrogens (tertiary/aromatic N) is 3. The Bertz CT molecular complexity index is 1480. The van der Waals surface area contributed by atoms with Crippen LogP contribution in [0.4, 0.5) is 15.3 Å². The third kappa shape index (κ3) is 4.17. The summed E-state index contributed by atoms with van der Waals surface area (Å²) < 4.78 is 12.4. The number of anilines is 1. The lowest BCUT2D eigenvalue weighted by atomic mass is 9.92. The number of imide groups is 1. The van der Waals surface area contributed by atoms with E-state index in [9.17, 15) is 14.4 Å². The van der Waals surface area contributed by atoms with Crippen molar-refractivity contribution in [1.82, 2.24) is 9.78 Å². The van der Waals surface area contributed by atoms with Gasteiger partial charge in [0.1, 0.15) is 11.2 Å². The minimum Gasteiger partial charge on any atom is -0.443 e. The summed E-state index contributed by atoms with van der Waals surface area (Å²) in [5.41, 5.74) is 0.992. The van der Waals surface area contributed by atoms with E-state index < -0.39 is 28.8 Å². The Morgan fingerprint density at radius 1 is 1.00 bits per heavy atom. The summed E-state index contributed by atoms with van der Waals surface area (Å²) in [6.07, 6.45) is -0.778. The maximum Gasteiger partial charge on any atom is 0.435 e. The van der Waals surface area contributed by atoms with Crippen LogP contribution in [-0.4, -0.2) is 39.1 Å². The van der Waals surface area contributed by atoms with Gasteiger partial charge in [-0.1, -0.05) is 23.7 Å². The topological polar surface area (TPSA) is 90.7 Å². The van der Waals surface area contributed by atoms with Crippen molar-refractivity contribution in [2.24, 2.45) is 0 Å². The summed E-state index contributed by atoms with van der Waals surface area (Å²) in [6, 6.07) is 10.8. The molecule has 0 N–H and O–H groups in total. The monoisotopic (exact) mass is 523 g/mol. The predicted octanol–water partition coefficient (Wildman–Crippen LogP) is 6.49. The number of halogens is 1. The van der Waals surface area contributed by atoms with Crippen LogP contribution in [0.5, 0.6) is 0 Å². The molecule has 0 bridgehead atoms. The number of amides is 2. The number of rotatable bonds is 1. The Morgan fingerprint density at radius 3 is 2.30 bits per heavy atom. The number of aryl methyl sites for hydroxylation is 1. The van der Waals surface area contributed by atoms with Crippen molar-refractivity contribution in [2.75, 3.05) is 4.90 Å². The molecule has 2 atom stereocenters. The van der Waals surface area contributed by atoms with Crippen LogP contribution < -0.4 is 4.90 Å². The molecule has 3 aromatic rings. The third-order valence-electron chi connectivity index (χ3n) is 6.66. The SMILES string of the molecule is Cc1nn(C(=O)OC(C)(C)C)c2cc([C@@H]3C[C@@]34C(=O)N(C(=O)OC(C)(C)C)c3ccc(Cl)cc34)ccc12. The minimum absolute atomic E-state index is 0.212. The average Bonchev–Trinajstić information content (AvgIpc) is 3.37. The molecule has 1 aliphatic carbocycles. The van der Waals surface area contributed by atoms with Crippen LogP contribution in [0.2, 0.25) is 5.02 Å². The molecule has 1 aliphatic heterocycles. The highest BCUT2D eigenvalue weighted by Gasteiger charge is 2.68. The number of benzene rings is 2. The summed E-state index contributed by atoms with van der Waals surface area (Å²) in [5, 5.41) is 5.71. The van der Waals surface area contributed by atoms with Crippen LogP contribution in [0.1, 0.15) is 70.7 Å². The van der Waals surface area contributed by atoms with Gasteiger partial charge in [0.05, 0.1) is 22.3 Å². The Kier molecular flexibility index (Phi) is 5.50. The summed E-state index contributed by atoms with van der Waals surface area (Å²) in [7, 11) is 0. The predicted molar refractivity (Wildman–Crippen MR) is 140 cm³/mol. The molecule has 194 valence electrons. The van der Waals surface area contributed by atoms with Gasteiger partial charge in [-0.3, -0.25) is 4.79 Å². The standard InChI is InChI=1S/C28H30ClN3O5/c1-15-18-10-8-16(12-22(18)32(30-15)25(35)37-27(5,6)7)20-14-28(20)19-13-17(29)9-11-21(19)31(23(28)33)24(34)36-26(2,3)4/h8-13,20H,14H2,1-7H3/t20-,28-/m0/s1. The minimum atomic E-state index is -0.934. The fraction of sp³-hybridized carbons (Fsp3) is 0.429. The summed E-state index contributed by atoms with van der Waals surface area (Å²) in [5.74, 6) is -0.544. The molecule has 0 unspecified atom stereocenters. The lowest BCUT2D eigenvalue weighted by Crippen LogP contribution is -2.41. The second kappa shape index (κ2) is 8.05. The molecule has 0 saturated heterocycles. The van der Waals surface area contributed by atoms with Gasteiger partial charge in [0.25, 0.3) is 0 Å². The van der Waals surface area contributed by atoms with Crippen molar-refractivity contribution in [3.8, 4) is 0 Å². The highest BCUT2D eigenvalue weighted by Crippen LogP contribution is 2.66. The highest BCUT2D eigenvalue weighted by molar-refractivity contribution is 6.31. The van der Waals surface area contributed by atoms with E-state index in [4.69, 9.17) is 21.1 Å². The molecule has 2 amide bonds. The first-order valence-corrected chi connectivity index (χ1v) is 12.6. The molecule has 2 aromatic carbocycles. The fourth-order valence-corrected chi connectivity index (χ4v) is 5.29. The largest absolute Gasteiger partial charge is 0.443 e. The van der Waals surface area contributed by atoms with Crippen LogP contribution in [0, 0.1) is 6.92 Å². The Balaban J connectivity index is 1.56. The van der Waals surface area contributed by atoms with Gasteiger partial charge in [-0.15, -0.1) is 0 Å². The molecule has 5 rings (SSSR count). The molecule has 8 nitrogen and oxygen atoms in total. The van der Waals surface area contributed by atoms with Crippen molar-refractivity contribution in [3.63, 3.8) is 0 Å². The van der Waals surface area contributed by atoms with Gasteiger partial charge >= 0.3 is 12.2 Å². The molecule has 2 aliphatic rings. The van der Waals surface area contributed by atoms with E-state index in [0.29, 0.717) is 33.9 Å². The van der Waals surface area contributed by atoms with E-state index in [1.165, 1.54) is 4.68 Å². The molecule has 37 heavy (non-hydrogen) atoms. The normalized spacial score (nSPS) is 20.9. The molecule has 1 spiro atoms. The number of hydrogen-bond acceptors (Lipinski definition) is 6.